The molecule has 0 N–H and O–H groups in total. The molecule has 0 saturated heterocycles. The van der Waals surface area contributed by atoms with Gasteiger partial charge in [0.25, 0.3) is 0 Å². The molecule has 188 valence electrons. The van der Waals surface area contributed by atoms with E-state index in [1.165, 1.54) is 23.5 Å². The Morgan fingerprint density at radius 2 is 1.67 bits per heavy atom. The molecule has 2 heterocycles. The Balaban J connectivity index is 1.34. The van der Waals surface area contributed by atoms with E-state index in [9.17, 15) is 9.65 Å². The number of allylic oxidation sites excluding steroid dienone is 1. The molecular formula is C32H21FN4OS. The highest BCUT2D eigenvalue weighted by Gasteiger charge is 2.15. The van der Waals surface area contributed by atoms with E-state index >= 15 is 0 Å². The van der Waals surface area contributed by atoms with Crippen molar-refractivity contribution >= 4 is 33.2 Å². The van der Waals surface area contributed by atoms with E-state index in [2.05, 4.69) is 11.1 Å². The maximum absolute atomic E-state index is 13.2. The first-order chi connectivity index (χ1) is 19.2. The van der Waals surface area contributed by atoms with Crippen LogP contribution in [-0.2, 0) is 6.61 Å². The molecule has 0 amide bonds. The molecule has 0 unspecified atom stereocenters. The quantitative estimate of drug-likeness (QED) is 0.197. The van der Waals surface area contributed by atoms with Gasteiger partial charge in [-0.1, -0.05) is 42.5 Å². The summed E-state index contributed by atoms with van der Waals surface area (Å²) in [6.45, 7) is 0.337. The van der Waals surface area contributed by atoms with Crippen molar-refractivity contribution in [3.05, 3.63) is 131 Å². The van der Waals surface area contributed by atoms with Crippen molar-refractivity contribution in [2.75, 3.05) is 0 Å². The first kappa shape index (κ1) is 24.3. The molecule has 0 aliphatic heterocycles. The van der Waals surface area contributed by atoms with Gasteiger partial charge < -0.3 is 4.74 Å². The van der Waals surface area contributed by atoms with Crippen LogP contribution >= 0.6 is 11.3 Å². The molecule has 6 aromatic rings. The predicted octanol–water partition coefficient (Wildman–Crippen LogP) is 7.93. The van der Waals surface area contributed by atoms with E-state index in [-0.39, 0.29) is 5.82 Å². The number of benzene rings is 4. The summed E-state index contributed by atoms with van der Waals surface area (Å²) in [5, 5.41) is 15.6. The fourth-order valence-electron chi connectivity index (χ4n) is 4.17. The van der Waals surface area contributed by atoms with Crippen molar-refractivity contribution in [1.29, 1.82) is 5.26 Å². The minimum atomic E-state index is -0.273. The summed E-state index contributed by atoms with van der Waals surface area (Å²) in [5.41, 5.74) is 5.56. The van der Waals surface area contributed by atoms with Crippen molar-refractivity contribution in [3.63, 3.8) is 0 Å². The number of thiazole rings is 1. The number of hydrogen-bond acceptors (Lipinski definition) is 5. The summed E-state index contributed by atoms with van der Waals surface area (Å²) >= 11 is 1.49. The average Bonchev–Trinajstić information content (AvgIpc) is 3.61. The standard InChI is InChI=1S/C32H21FN4OS/c33-26-14-10-22(11-15-26)21-38-28-16-12-23(13-17-28)31-25(20-37(36-31)27-6-2-1-3-7-27)18-24(19-34)32-35-29-8-4-5-9-30(29)39-32/h1-18,20H,21H2. The van der Waals surface area contributed by atoms with Crippen molar-refractivity contribution < 1.29 is 9.13 Å². The van der Waals surface area contributed by atoms with Gasteiger partial charge in [0.2, 0.25) is 0 Å². The number of hydrogen-bond donors (Lipinski definition) is 0. The number of ether oxygens (including phenoxy) is 1. The Labute approximate surface area is 228 Å². The number of aromatic nitrogens is 3. The third-order valence-electron chi connectivity index (χ3n) is 6.15. The lowest BCUT2D eigenvalue weighted by atomic mass is 10.1. The van der Waals surface area contributed by atoms with E-state index in [1.54, 1.807) is 12.1 Å². The van der Waals surface area contributed by atoms with Gasteiger partial charge in [0.1, 0.15) is 29.3 Å². The summed E-state index contributed by atoms with van der Waals surface area (Å²) < 4.78 is 21.9. The number of halogens is 1. The lowest BCUT2D eigenvalue weighted by Crippen LogP contribution is -1.96. The van der Waals surface area contributed by atoms with E-state index in [4.69, 9.17) is 9.84 Å². The highest BCUT2D eigenvalue weighted by Crippen LogP contribution is 2.32. The molecule has 0 bridgehead atoms. The van der Waals surface area contributed by atoms with Gasteiger partial charge in [-0.25, -0.2) is 14.1 Å². The van der Waals surface area contributed by atoms with Crippen LogP contribution in [0, 0.1) is 17.1 Å². The first-order valence-electron chi connectivity index (χ1n) is 12.3. The minimum Gasteiger partial charge on any atom is -0.489 e. The normalized spacial score (nSPS) is 11.4. The van der Waals surface area contributed by atoms with Crippen LogP contribution in [0.2, 0.25) is 0 Å². The molecule has 0 radical (unpaired) electrons. The topological polar surface area (TPSA) is 63.7 Å². The maximum atomic E-state index is 13.2. The molecule has 2 aromatic heterocycles. The van der Waals surface area contributed by atoms with E-state index < -0.39 is 0 Å². The number of para-hydroxylation sites is 2. The predicted molar refractivity (Wildman–Crippen MR) is 153 cm³/mol. The van der Waals surface area contributed by atoms with Gasteiger partial charge >= 0.3 is 0 Å². The summed E-state index contributed by atoms with van der Waals surface area (Å²) in [6.07, 6.45) is 3.77. The van der Waals surface area contributed by atoms with Gasteiger partial charge in [0.05, 0.1) is 27.2 Å². The van der Waals surface area contributed by atoms with Crippen LogP contribution < -0.4 is 4.74 Å². The summed E-state index contributed by atoms with van der Waals surface area (Å²) in [4.78, 5) is 4.67. The molecule has 0 fully saturated rings. The van der Waals surface area contributed by atoms with E-state index in [0.29, 0.717) is 22.9 Å². The number of fused-ring (bicyclic) bond motifs is 1. The Bertz CT molecular complexity index is 1780. The molecular weight excluding hydrogens is 507 g/mol. The zero-order chi connectivity index (χ0) is 26.6. The van der Waals surface area contributed by atoms with Crippen molar-refractivity contribution in [2.45, 2.75) is 6.61 Å². The Hall–Kier alpha value is -5.06. The maximum Gasteiger partial charge on any atom is 0.135 e. The zero-order valence-electron chi connectivity index (χ0n) is 20.7. The lowest BCUT2D eigenvalue weighted by Gasteiger charge is -2.07. The first-order valence-corrected chi connectivity index (χ1v) is 13.1. The molecule has 7 heteroatoms. The second-order valence-corrected chi connectivity index (χ2v) is 9.84. The Morgan fingerprint density at radius 1 is 0.923 bits per heavy atom. The van der Waals surface area contributed by atoms with Crippen molar-refractivity contribution in [3.8, 4) is 28.8 Å². The lowest BCUT2D eigenvalue weighted by molar-refractivity contribution is 0.306. The molecule has 0 spiro atoms. The molecule has 0 saturated carbocycles. The number of nitrogens with zero attached hydrogens (tertiary/aromatic N) is 4. The van der Waals surface area contributed by atoms with Crippen molar-refractivity contribution in [2.24, 2.45) is 0 Å². The Morgan fingerprint density at radius 3 is 2.41 bits per heavy atom. The molecule has 6 rings (SSSR count). The summed E-state index contributed by atoms with van der Waals surface area (Å²) in [5.74, 6) is 0.417. The second kappa shape index (κ2) is 10.7. The Kier molecular flexibility index (Phi) is 6.69. The van der Waals surface area contributed by atoms with Gasteiger partial charge in [-0.3, -0.25) is 0 Å². The largest absolute Gasteiger partial charge is 0.489 e. The van der Waals surface area contributed by atoms with Gasteiger partial charge in [-0.05, 0) is 72.3 Å². The van der Waals surface area contributed by atoms with Crippen LogP contribution in [0.3, 0.4) is 0 Å². The van der Waals surface area contributed by atoms with Crippen molar-refractivity contribution in [1.82, 2.24) is 14.8 Å². The van der Waals surface area contributed by atoms with E-state index in [0.717, 1.165) is 38.3 Å². The SMILES string of the molecule is N#CC(=Cc1cn(-c2ccccc2)nc1-c1ccc(OCc2ccc(F)cc2)cc1)c1nc2ccccc2s1. The van der Waals surface area contributed by atoms with Crippen LogP contribution in [0.4, 0.5) is 4.39 Å². The fraction of sp³-hybridized carbons (Fsp3) is 0.0312. The van der Waals surface area contributed by atoms with Crippen LogP contribution in [-0.4, -0.2) is 14.8 Å². The monoisotopic (exact) mass is 528 g/mol. The molecule has 0 atom stereocenters. The second-order valence-electron chi connectivity index (χ2n) is 8.81. The highest BCUT2D eigenvalue weighted by atomic mass is 32.1. The van der Waals surface area contributed by atoms with Gasteiger partial charge in [-0.2, -0.15) is 10.4 Å². The van der Waals surface area contributed by atoms with Crippen LogP contribution in [0.1, 0.15) is 16.1 Å². The molecule has 39 heavy (non-hydrogen) atoms. The third-order valence-corrected chi connectivity index (χ3v) is 7.22. The highest BCUT2D eigenvalue weighted by molar-refractivity contribution is 7.19. The number of rotatable bonds is 7. The number of nitriles is 1. The molecule has 0 aliphatic carbocycles. The van der Waals surface area contributed by atoms with Gasteiger partial charge in [0.15, 0.2) is 0 Å². The molecule has 5 nitrogen and oxygen atoms in total. The smallest absolute Gasteiger partial charge is 0.135 e. The van der Waals surface area contributed by atoms with E-state index in [1.807, 2.05) is 95.8 Å². The average molecular weight is 529 g/mol. The summed E-state index contributed by atoms with van der Waals surface area (Å²) in [6, 6.07) is 33.9. The zero-order valence-corrected chi connectivity index (χ0v) is 21.5. The summed E-state index contributed by atoms with van der Waals surface area (Å²) in [7, 11) is 0. The van der Waals surface area contributed by atoms with Crippen LogP contribution in [0.15, 0.2) is 109 Å². The minimum absolute atomic E-state index is 0.273. The van der Waals surface area contributed by atoms with Gasteiger partial charge in [-0.15, -0.1) is 11.3 Å². The van der Waals surface area contributed by atoms with Gasteiger partial charge in [0, 0.05) is 17.3 Å². The molecule has 0 aliphatic rings. The van der Waals surface area contributed by atoms with Crippen LogP contribution in [0.5, 0.6) is 5.75 Å². The molecule has 4 aromatic carbocycles. The fourth-order valence-corrected chi connectivity index (χ4v) is 5.10. The van der Waals surface area contributed by atoms with Crippen LogP contribution in [0.25, 0.3) is 38.8 Å². The third kappa shape index (κ3) is 5.33.